The molecule has 1 aliphatic carbocycles. The first-order chi connectivity index (χ1) is 16.4. The van der Waals surface area contributed by atoms with E-state index in [1.807, 2.05) is 48.5 Å². The Morgan fingerprint density at radius 1 is 0.647 bits per heavy atom. The summed E-state index contributed by atoms with van der Waals surface area (Å²) in [6, 6.07) is 23.3. The standard InChI is InChI=1S/C14H5BrCl2O2.C13H9NO/c15-11-10-8(5-9(16)12(11)17)13(18)6-3-1-2-4-7(6)14(10)19;15-13-9-5-1-3-7-11(9)14-12-8-4-2-6-10(12)13/h1-5H;1-8H,(H,14,15). The zero-order valence-electron chi connectivity index (χ0n) is 17.4. The van der Waals surface area contributed by atoms with Crippen molar-refractivity contribution in [2.45, 2.75) is 0 Å². The average Bonchev–Trinajstić information content (AvgIpc) is 2.86. The summed E-state index contributed by atoms with van der Waals surface area (Å²) >= 11 is 15.2. The summed E-state index contributed by atoms with van der Waals surface area (Å²) < 4.78 is 0.365. The van der Waals surface area contributed by atoms with Crippen LogP contribution in [0.3, 0.4) is 0 Å². The van der Waals surface area contributed by atoms with Crippen molar-refractivity contribution in [1.82, 2.24) is 4.98 Å². The Labute approximate surface area is 212 Å². The van der Waals surface area contributed by atoms with Crippen LogP contribution in [0.1, 0.15) is 31.8 Å². The van der Waals surface area contributed by atoms with Crippen LogP contribution in [-0.4, -0.2) is 16.6 Å². The molecule has 6 rings (SSSR count). The number of fused-ring (bicyclic) bond motifs is 4. The SMILES string of the molecule is O=C1c2ccccc2C(=O)c2c1cc(Cl)c(Cl)c2Br.O=c1c2ccccc2[nH]c2ccccc12. The van der Waals surface area contributed by atoms with Crippen LogP contribution >= 0.6 is 39.1 Å². The van der Waals surface area contributed by atoms with Crippen LogP contribution < -0.4 is 5.43 Å². The van der Waals surface area contributed by atoms with Gasteiger partial charge in [0.2, 0.25) is 0 Å². The van der Waals surface area contributed by atoms with Crippen LogP contribution in [0.15, 0.2) is 88.1 Å². The third kappa shape index (κ3) is 3.66. The van der Waals surface area contributed by atoms with E-state index in [0.29, 0.717) is 15.6 Å². The van der Waals surface area contributed by atoms with Crippen LogP contribution in [-0.2, 0) is 0 Å². The summed E-state index contributed by atoms with van der Waals surface area (Å²) in [4.78, 5) is 40.2. The summed E-state index contributed by atoms with van der Waals surface area (Å²) in [5.74, 6) is -0.444. The smallest absolute Gasteiger partial charge is 0.197 e. The number of pyridine rings is 1. The summed E-state index contributed by atoms with van der Waals surface area (Å²) in [5.41, 5.74) is 3.22. The van der Waals surface area contributed by atoms with E-state index in [0.717, 1.165) is 21.8 Å². The normalized spacial score (nSPS) is 12.2. The van der Waals surface area contributed by atoms with Gasteiger partial charge in [-0.1, -0.05) is 71.7 Å². The van der Waals surface area contributed by atoms with Gasteiger partial charge in [0.05, 0.1) is 10.0 Å². The van der Waals surface area contributed by atoms with Gasteiger partial charge in [0.1, 0.15) is 0 Å². The molecule has 1 heterocycles. The lowest BCUT2D eigenvalue weighted by Crippen LogP contribution is -2.21. The highest BCUT2D eigenvalue weighted by molar-refractivity contribution is 9.10. The molecule has 0 saturated carbocycles. The number of benzene rings is 4. The molecule has 166 valence electrons. The molecule has 0 aliphatic heterocycles. The van der Waals surface area contributed by atoms with Gasteiger partial charge >= 0.3 is 0 Å². The molecule has 0 saturated heterocycles. The van der Waals surface area contributed by atoms with Crippen molar-refractivity contribution in [1.29, 1.82) is 0 Å². The number of aromatic nitrogens is 1. The highest BCUT2D eigenvalue weighted by Gasteiger charge is 2.32. The van der Waals surface area contributed by atoms with Crippen LogP contribution in [0.2, 0.25) is 10.0 Å². The van der Waals surface area contributed by atoms with E-state index in [1.165, 1.54) is 6.07 Å². The van der Waals surface area contributed by atoms with Gasteiger partial charge in [-0.2, -0.15) is 0 Å². The fourth-order valence-electron chi connectivity index (χ4n) is 4.03. The summed E-state index contributed by atoms with van der Waals surface area (Å²) in [6.07, 6.45) is 0. The Morgan fingerprint density at radius 3 is 1.74 bits per heavy atom. The number of nitrogens with one attached hydrogen (secondary N) is 1. The van der Waals surface area contributed by atoms with Gasteiger partial charge < -0.3 is 4.98 Å². The Morgan fingerprint density at radius 2 is 1.15 bits per heavy atom. The molecule has 0 radical (unpaired) electrons. The second-order valence-corrected chi connectivity index (χ2v) is 9.24. The lowest BCUT2D eigenvalue weighted by atomic mass is 9.84. The molecular weight excluding hydrogens is 537 g/mol. The first-order valence-electron chi connectivity index (χ1n) is 10.2. The minimum atomic E-state index is -0.226. The molecule has 0 bridgehead atoms. The molecule has 0 unspecified atom stereocenters. The van der Waals surface area contributed by atoms with Gasteiger partial charge in [-0.3, -0.25) is 14.4 Å². The number of H-pyrrole nitrogens is 1. The molecule has 4 nitrogen and oxygen atoms in total. The molecule has 1 N–H and O–H groups in total. The number of carbonyl (C=O) groups excluding carboxylic acids is 2. The molecule has 4 aromatic carbocycles. The predicted molar refractivity (Wildman–Crippen MR) is 140 cm³/mol. The number of carbonyl (C=O) groups is 2. The maximum Gasteiger partial charge on any atom is 0.197 e. The van der Waals surface area contributed by atoms with Gasteiger partial charge in [-0.15, -0.1) is 0 Å². The highest BCUT2D eigenvalue weighted by Crippen LogP contribution is 2.40. The summed E-state index contributed by atoms with van der Waals surface area (Å²) in [6.45, 7) is 0. The van der Waals surface area contributed by atoms with Gasteiger partial charge in [-0.05, 0) is 46.3 Å². The largest absolute Gasteiger partial charge is 0.354 e. The van der Waals surface area contributed by atoms with Gasteiger partial charge in [0.15, 0.2) is 17.0 Å². The van der Waals surface area contributed by atoms with E-state index in [-0.39, 0.29) is 38.2 Å². The number of aromatic amines is 1. The quantitative estimate of drug-likeness (QED) is 0.160. The molecule has 0 amide bonds. The molecule has 0 fully saturated rings. The van der Waals surface area contributed by atoms with Crippen molar-refractivity contribution < 1.29 is 9.59 Å². The molecule has 0 atom stereocenters. The van der Waals surface area contributed by atoms with Crippen molar-refractivity contribution in [3.8, 4) is 0 Å². The molecule has 1 aromatic heterocycles. The highest BCUT2D eigenvalue weighted by atomic mass is 79.9. The molecule has 34 heavy (non-hydrogen) atoms. The van der Waals surface area contributed by atoms with Crippen molar-refractivity contribution in [3.05, 3.63) is 126 Å². The number of para-hydroxylation sites is 2. The monoisotopic (exact) mass is 549 g/mol. The summed E-state index contributed by atoms with van der Waals surface area (Å²) in [5, 5.41) is 1.97. The van der Waals surface area contributed by atoms with E-state index in [4.69, 9.17) is 23.2 Å². The maximum absolute atomic E-state index is 12.5. The van der Waals surface area contributed by atoms with E-state index in [1.54, 1.807) is 24.3 Å². The Kier molecular flexibility index (Phi) is 5.86. The van der Waals surface area contributed by atoms with Crippen LogP contribution in [0.5, 0.6) is 0 Å². The number of hydrogen-bond donors (Lipinski definition) is 1. The van der Waals surface area contributed by atoms with E-state index in [9.17, 15) is 14.4 Å². The average molecular weight is 551 g/mol. The third-order valence-electron chi connectivity index (χ3n) is 5.66. The number of halogens is 3. The molecule has 7 heteroatoms. The minimum Gasteiger partial charge on any atom is -0.354 e. The Hall–Kier alpha value is -3.25. The van der Waals surface area contributed by atoms with Crippen molar-refractivity contribution in [3.63, 3.8) is 0 Å². The van der Waals surface area contributed by atoms with Crippen LogP contribution in [0, 0.1) is 0 Å². The fourth-order valence-corrected chi connectivity index (χ4v) is 5.10. The molecule has 5 aromatic rings. The van der Waals surface area contributed by atoms with E-state index in [2.05, 4.69) is 20.9 Å². The third-order valence-corrected chi connectivity index (χ3v) is 7.47. The second-order valence-electron chi connectivity index (χ2n) is 7.66. The molecular formula is C27H14BrCl2NO3. The van der Waals surface area contributed by atoms with Crippen molar-refractivity contribution in [2.75, 3.05) is 0 Å². The van der Waals surface area contributed by atoms with E-state index < -0.39 is 0 Å². The predicted octanol–water partition coefficient (Wildman–Crippen LogP) is 7.21. The number of hydrogen-bond acceptors (Lipinski definition) is 3. The van der Waals surface area contributed by atoms with Crippen molar-refractivity contribution in [2.24, 2.45) is 0 Å². The van der Waals surface area contributed by atoms with Gasteiger partial charge in [0, 0.05) is 48.5 Å². The van der Waals surface area contributed by atoms with Crippen molar-refractivity contribution >= 4 is 72.5 Å². The Balaban J connectivity index is 0.000000145. The lowest BCUT2D eigenvalue weighted by molar-refractivity contribution is 0.0978. The van der Waals surface area contributed by atoms with Crippen LogP contribution in [0.4, 0.5) is 0 Å². The first kappa shape index (κ1) is 22.5. The number of ketones is 2. The number of rotatable bonds is 0. The lowest BCUT2D eigenvalue weighted by Gasteiger charge is -2.19. The minimum absolute atomic E-state index is 0.0972. The zero-order valence-corrected chi connectivity index (χ0v) is 20.5. The van der Waals surface area contributed by atoms with Crippen LogP contribution in [0.25, 0.3) is 21.8 Å². The van der Waals surface area contributed by atoms with E-state index >= 15 is 0 Å². The second kappa shape index (κ2) is 8.84. The zero-order chi connectivity index (χ0) is 24.0. The molecule has 0 spiro atoms. The van der Waals surface area contributed by atoms with Gasteiger partial charge in [0.25, 0.3) is 0 Å². The maximum atomic E-state index is 12.5. The van der Waals surface area contributed by atoms with Gasteiger partial charge in [-0.25, -0.2) is 0 Å². The summed E-state index contributed by atoms with van der Waals surface area (Å²) in [7, 11) is 0. The fraction of sp³-hybridized carbons (Fsp3) is 0. The topological polar surface area (TPSA) is 67.0 Å². The Bertz CT molecular complexity index is 1650. The first-order valence-corrected chi connectivity index (χ1v) is 11.8. The molecule has 1 aliphatic rings.